The number of para-hydroxylation sites is 1. The summed E-state index contributed by atoms with van der Waals surface area (Å²) in [7, 11) is 0. The molecule has 16 rings (SSSR count). The molecule has 6 aliphatic carbocycles. The van der Waals surface area contributed by atoms with Crippen molar-refractivity contribution in [1.29, 1.82) is 0 Å². The number of rotatable bonds is 3. The first-order valence-electron chi connectivity index (χ1n) is 30.9. The van der Waals surface area contributed by atoms with E-state index in [1.54, 1.807) is 5.56 Å². The molecule has 5 heteroatoms. The monoisotopic (exact) mass is 1040 g/mol. The highest BCUT2D eigenvalue weighted by Gasteiger charge is 2.59. The zero-order chi connectivity index (χ0) is 55.1. The Labute approximate surface area is 473 Å². The molecule has 2 atom stereocenters. The maximum Gasteiger partial charge on any atom is 0.297 e. The van der Waals surface area contributed by atoms with Gasteiger partial charge in [0.2, 0.25) is 0 Å². The molecule has 4 nitrogen and oxygen atoms in total. The molecule has 2 unspecified atom stereocenters. The molecule has 0 N–H and O–H groups in total. The van der Waals surface area contributed by atoms with E-state index >= 15 is 0 Å². The van der Waals surface area contributed by atoms with Crippen LogP contribution in [0.15, 0.2) is 108 Å². The minimum absolute atomic E-state index is 0.000240. The van der Waals surface area contributed by atoms with Gasteiger partial charge in [0.05, 0.1) is 16.9 Å². The molecule has 4 heterocycles. The van der Waals surface area contributed by atoms with Crippen LogP contribution in [0.4, 0.5) is 45.5 Å². The Morgan fingerprint density at radius 3 is 1.65 bits per heavy atom. The van der Waals surface area contributed by atoms with E-state index in [-0.39, 0.29) is 55.6 Å². The van der Waals surface area contributed by atoms with Gasteiger partial charge in [0.1, 0.15) is 5.58 Å². The van der Waals surface area contributed by atoms with Crippen LogP contribution in [0.5, 0.6) is 0 Å². The van der Waals surface area contributed by atoms with Crippen molar-refractivity contribution < 1.29 is 4.42 Å². The molecule has 6 aromatic carbocycles. The van der Waals surface area contributed by atoms with Gasteiger partial charge in [0, 0.05) is 50.6 Å². The minimum Gasteiger partial charge on any atom is -0.468 e. The average Bonchev–Trinajstić information content (AvgIpc) is 2.80. The summed E-state index contributed by atoms with van der Waals surface area (Å²) >= 11 is 0. The van der Waals surface area contributed by atoms with E-state index in [4.69, 9.17) is 4.42 Å². The maximum atomic E-state index is 7.89. The largest absolute Gasteiger partial charge is 0.468 e. The van der Waals surface area contributed by atoms with Crippen LogP contribution in [0.2, 0.25) is 0 Å². The Balaban J connectivity index is 1.10. The SMILES string of the molecule is CC(C)(C)c1ccc(N2c3cc(N4c5ccccc5C5(C)CCCCC45C)cc4c3B(c3cc5c(cc3N4c3ccc4c(c3)C(C)(C)CCC4(C)C)C(C)(C)CCC5(C)C)c3oc4cc5c(cc4c32)C2(C)CCC5(C)CC2)cc1. The smallest absolute Gasteiger partial charge is 0.297 e. The molecule has 1 aromatic heterocycles. The second-order valence-corrected chi connectivity index (χ2v) is 31.5. The Morgan fingerprint density at radius 1 is 0.443 bits per heavy atom. The van der Waals surface area contributed by atoms with Crippen LogP contribution in [0.3, 0.4) is 0 Å². The molecular weight excluding hydrogens is 958 g/mol. The summed E-state index contributed by atoms with van der Waals surface area (Å²) in [6.07, 6.45) is 14.5. The fourth-order valence-corrected chi connectivity index (χ4v) is 18.1. The number of hydrogen-bond donors (Lipinski definition) is 0. The molecule has 9 aliphatic rings. The standard InChI is InChI=1S/C74H86BN3O/c1-66(2,3)45-22-24-46(25-23-45)77-61-40-48(78-58-21-17-16-20-51(58)73(14)28-18-19-29-74(73,78)15)39-60-63(61)75(65-64(77)49-41-55-56(44-62(49)79-65)72(13)36-34-71(55,12)35-37-72)57-42-53-54(70(10,11)33-32-69(53,8)9)43-59(57)76(60)47-26-27-50-52(38-47)68(6,7)31-30-67(50,4)5/h16-17,20-27,38-44H,18-19,28-37H2,1-15H3. The summed E-state index contributed by atoms with van der Waals surface area (Å²) in [4.78, 5) is 8.30. The molecule has 3 aliphatic heterocycles. The van der Waals surface area contributed by atoms with Gasteiger partial charge in [-0.15, -0.1) is 0 Å². The van der Waals surface area contributed by atoms with Crippen molar-refractivity contribution in [3.8, 4) is 0 Å². The van der Waals surface area contributed by atoms with Crippen molar-refractivity contribution >= 4 is 79.8 Å². The summed E-state index contributed by atoms with van der Waals surface area (Å²) in [6.45, 7) is 37.2. The number of furan rings is 1. The van der Waals surface area contributed by atoms with Gasteiger partial charge in [-0.1, -0.05) is 152 Å². The highest BCUT2D eigenvalue weighted by atomic mass is 16.3. The van der Waals surface area contributed by atoms with E-state index in [0.717, 1.165) is 30.5 Å². The molecular formula is C74H86BN3O. The average molecular weight is 1040 g/mol. The highest BCUT2D eigenvalue weighted by Crippen LogP contribution is 2.63. The summed E-state index contributed by atoms with van der Waals surface area (Å²) in [6, 6.07) is 42.7. The van der Waals surface area contributed by atoms with Crippen LogP contribution in [-0.2, 0) is 43.3 Å². The van der Waals surface area contributed by atoms with E-state index < -0.39 is 0 Å². The van der Waals surface area contributed by atoms with E-state index in [1.807, 2.05) is 0 Å². The maximum absolute atomic E-state index is 7.89. The number of fused-ring (bicyclic) bond motifs is 13. The van der Waals surface area contributed by atoms with Crippen LogP contribution in [0, 0.1) is 0 Å². The third-order valence-corrected chi connectivity index (χ3v) is 23.9. The van der Waals surface area contributed by atoms with Gasteiger partial charge >= 0.3 is 0 Å². The van der Waals surface area contributed by atoms with Gasteiger partial charge in [0.25, 0.3) is 6.71 Å². The molecule has 2 fully saturated rings. The lowest BCUT2D eigenvalue weighted by molar-refractivity contribution is 0.188. The highest BCUT2D eigenvalue weighted by molar-refractivity contribution is 7.00. The van der Waals surface area contributed by atoms with E-state index in [0.29, 0.717) is 0 Å². The lowest BCUT2D eigenvalue weighted by Crippen LogP contribution is -2.61. The van der Waals surface area contributed by atoms with Gasteiger partial charge in [-0.05, 0) is 225 Å². The second-order valence-electron chi connectivity index (χ2n) is 31.5. The van der Waals surface area contributed by atoms with Crippen LogP contribution in [-0.4, -0.2) is 12.3 Å². The topological polar surface area (TPSA) is 22.9 Å². The molecule has 79 heavy (non-hydrogen) atoms. The zero-order valence-electron chi connectivity index (χ0n) is 50.6. The summed E-state index contributed by atoms with van der Waals surface area (Å²) in [5, 5.41) is 1.25. The molecule has 2 saturated carbocycles. The predicted octanol–water partition coefficient (Wildman–Crippen LogP) is 18.4. The van der Waals surface area contributed by atoms with Gasteiger partial charge in [0.15, 0.2) is 0 Å². The van der Waals surface area contributed by atoms with Gasteiger partial charge in [-0.3, -0.25) is 0 Å². The van der Waals surface area contributed by atoms with Gasteiger partial charge < -0.3 is 19.1 Å². The van der Waals surface area contributed by atoms with Gasteiger partial charge in [-0.25, -0.2) is 0 Å². The molecule has 2 bridgehead atoms. The first-order chi connectivity index (χ1) is 37.2. The lowest BCUT2D eigenvalue weighted by Gasteiger charge is -2.52. The van der Waals surface area contributed by atoms with E-state index in [1.165, 1.54) is 159 Å². The first kappa shape index (κ1) is 50.3. The zero-order valence-corrected chi connectivity index (χ0v) is 50.6. The summed E-state index contributed by atoms with van der Waals surface area (Å²) in [5.41, 5.74) is 27.3. The lowest BCUT2D eigenvalue weighted by atomic mass is 9.35. The fourth-order valence-electron chi connectivity index (χ4n) is 18.1. The van der Waals surface area contributed by atoms with Crippen molar-refractivity contribution in [2.75, 3.05) is 14.7 Å². The number of nitrogens with zero attached hydrogens (tertiary/aromatic N) is 3. The first-order valence-corrected chi connectivity index (χ1v) is 30.9. The van der Waals surface area contributed by atoms with E-state index in [2.05, 4.69) is 222 Å². The normalized spacial score (nSPS) is 27.8. The van der Waals surface area contributed by atoms with Crippen LogP contribution in [0.25, 0.3) is 11.0 Å². The van der Waals surface area contributed by atoms with Crippen molar-refractivity contribution in [2.45, 2.75) is 230 Å². The number of anilines is 8. The number of benzene rings is 6. The Hall–Kier alpha value is -5.68. The third-order valence-electron chi connectivity index (χ3n) is 23.9. The van der Waals surface area contributed by atoms with E-state index in [9.17, 15) is 0 Å². The minimum atomic E-state index is -0.141. The van der Waals surface area contributed by atoms with Crippen LogP contribution < -0.4 is 31.3 Å². The van der Waals surface area contributed by atoms with Crippen molar-refractivity contribution in [3.05, 3.63) is 148 Å². The number of hydrogen-bond acceptors (Lipinski definition) is 4. The van der Waals surface area contributed by atoms with Crippen molar-refractivity contribution in [2.24, 2.45) is 0 Å². The van der Waals surface area contributed by atoms with Gasteiger partial charge in [-0.2, -0.15) is 0 Å². The molecule has 406 valence electrons. The van der Waals surface area contributed by atoms with Crippen LogP contribution >= 0.6 is 0 Å². The molecule has 7 aromatic rings. The quantitative estimate of drug-likeness (QED) is 0.165. The summed E-state index contributed by atoms with van der Waals surface area (Å²) in [5.74, 6) is 0. The Kier molecular flexibility index (Phi) is 9.96. The van der Waals surface area contributed by atoms with Crippen molar-refractivity contribution in [1.82, 2.24) is 0 Å². The Bertz CT molecular complexity index is 3780. The summed E-state index contributed by atoms with van der Waals surface area (Å²) < 4.78 is 7.89. The molecule has 0 spiro atoms. The van der Waals surface area contributed by atoms with Crippen molar-refractivity contribution in [3.63, 3.8) is 0 Å². The predicted molar refractivity (Wildman–Crippen MR) is 335 cm³/mol. The molecule has 0 amide bonds. The fraction of sp³-hybridized carbons (Fsp3) is 0.486. The van der Waals surface area contributed by atoms with Crippen LogP contribution in [0.1, 0.15) is 225 Å². The second kappa shape index (κ2) is 15.7. The molecule has 0 saturated heterocycles. The third kappa shape index (κ3) is 6.63. The Morgan fingerprint density at radius 2 is 1.00 bits per heavy atom. The molecule has 0 radical (unpaired) electrons.